The molecule has 1 fully saturated rings. The lowest BCUT2D eigenvalue weighted by Crippen LogP contribution is -2.50. The summed E-state index contributed by atoms with van der Waals surface area (Å²) in [6, 6.07) is 10.2. The second-order valence-electron chi connectivity index (χ2n) is 9.78. The van der Waals surface area contributed by atoms with Crippen LogP contribution in [-0.2, 0) is 4.79 Å². The first-order valence-electron chi connectivity index (χ1n) is 13.4. The van der Waals surface area contributed by atoms with Crippen molar-refractivity contribution in [1.82, 2.24) is 24.6 Å². The number of carbonyl (C=O) groups is 1. The molecule has 0 bridgehead atoms. The van der Waals surface area contributed by atoms with E-state index >= 15 is 0 Å². The highest BCUT2D eigenvalue weighted by molar-refractivity contribution is 5.88. The molecule has 188 valence electrons. The van der Waals surface area contributed by atoms with Crippen molar-refractivity contribution in [3.63, 3.8) is 0 Å². The summed E-state index contributed by atoms with van der Waals surface area (Å²) in [5.41, 5.74) is 1.85. The Balaban J connectivity index is 1.61. The molecule has 1 aromatic carbocycles. The minimum Gasteiger partial charge on any atom is -0.352 e. The summed E-state index contributed by atoms with van der Waals surface area (Å²) in [4.78, 5) is 27.6. The van der Waals surface area contributed by atoms with E-state index in [9.17, 15) is 4.79 Å². The summed E-state index contributed by atoms with van der Waals surface area (Å²) in [5, 5.41) is 5.66. The Hall–Kier alpha value is -2.96. The van der Waals surface area contributed by atoms with Crippen LogP contribution in [0.2, 0.25) is 0 Å². The van der Waals surface area contributed by atoms with Gasteiger partial charge in [0.05, 0.1) is 17.3 Å². The maximum Gasteiger partial charge on any atom is 0.225 e. The summed E-state index contributed by atoms with van der Waals surface area (Å²) < 4.78 is 1.92. The number of benzene rings is 1. The molecule has 0 N–H and O–H groups in total. The number of aromatic nitrogens is 4. The number of fused-ring (bicyclic) bond motifs is 1. The van der Waals surface area contributed by atoms with Crippen molar-refractivity contribution in [3.05, 3.63) is 42.4 Å². The van der Waals surface area contributed by atoms with Gasteiger partial charge in [-0.3, -0.25) is 4.79 Å². The smallest absolute Gasteiger partial charge is 0.225 e. The van der Waals surface area contributed by atoms with Gasteiger partial charge in [0.1, 0.15) is 11.6 Å². The van der Waals surface area contributed by atoms with Crippen LogP contribution >= 0.6 is 0 Å². The van der Waals surface area contributed by atoms with Crippen molar-refractivity contribution >= 4 is 22.8 Å². The van der Waals surface area contributed by atoms with Crippen LogP contribution < -0.4 is 4.90 Å². The monoisotopic (exact) mass is 476 g/mol. The molecule has 3 heterocycles. The molecule has 7 heteroatoms. The molecule has 0 aliphatic carbocycles. The molecule has 0 saturated carbocycles. The quantitative estimate of drug-likeness (QED) is 0.382. The maximum atomic E-state index is 13.1. The molecule has 0 spiro atoms. The highest BCUT2D eigenvalue weighted by atomic mass is 16.2. The van der Waals surface area contributed by atoms with E-state index in [4.69, 9.17) is 15.1 Å². The van der Waals surface area contributed by atoms with E-state index in [0.717, 1.165) is 93.1 Å². The molecule has 35 heavy (non-hydrogen) atoms. The Bertz CT molecular complexity index is 1100. The second kappa shape index (κ2) is 11.6. The Kier molecular flexibility index (Phi) is 8.37. The normalized spacial score (nSPS) is 16.0. The number of amides is 1. The lowest BCUT2D eigenvalue weighted by atomic mass is 9.97. The van der Waals surface area contributed by atoms with Gasteiger partial charge in [-0.1, -0.05) is 65.2 Å². The van der Waals surface area contributed by atoms with E-state index in [1.807, 2.05) is 29.1 Å². The van der Waals surface area contributed by atoms with Crippen molar-refractivity contribution in [2.24, 2.45) is 5.92 Å². The highest BCUT2D eigenvalue weighted by Crippen LogP contribution is 2.30. The molecule has 0 unspecified atom stereocenters. The topological polar surface area (TPSA) is 67.2 Å². The molecule has 2 aromatic heterocycles. The Labute approximate surface area is 209 Å². The van der Waals surface area contributed by atoms with Gasteiger partial charge < -0.3 is 9.80 Å². The van der Waals surface area contributed by atoms with Crippen LogP contribution in [0.3, 0.4) is 0 Å². The molecule has 1 saturated heterocycles. The van der Waals surface area contributed by atoms with Crippen molar-refractivity contribution < 1.29 is 4.79 Å². The highest BCUT2D eigenvalue weighted by Gasteiger charge is 2.28. The number of hydrogen-bond donors (Lipinski definition) is 0. The van der Waals surface area contributed by atoms with Gasteiger partial charge >= 0.3 is 0 Å². The number of carbonyl (C=O) groups excluding carboxylic acids is 1. The predicted molar refractivity (Wildman–Crippen MR) is 142 cm³/mol. The number of hydrogen-bond acceptors (Lipinski definition) is 5. The fourth-order valence-corrected chi connectivity index (χ4v) is 5.04. The Morgan fingerprint density at radius 1 is 0.971 bits per heavy atom. The van der Waals surface area contributed by atoms with Gasteiger partial charge in [-0.05, 0) is 31.4 Å². The molecule has 1 aliphatic heterocycles. The molecule has 1 aliphatic rings. The van der Waals surface area contributed by atoms with Gasteiger partial charge in [0, 0.05) is 38.0 Å². The minimum absolute atomic E-state index is 0.151. The van der Waals surface area contributed by atoms with Crippen molar-refractivity contribution in [1.29, 1.82) is 0 Å². The number of para-hydroxylation sites is 1. The first-order chi connectivity index (χ1) is 17.1. The molecule has 0 radical (unpaired) electrons. The molecule has 3 aromatic rings. The lowest BCUT2D eigenvalue weighted by molar-refractivity contribution is -0.136. The fourth-order valence-electron chi connectivity index (χ4n) is 5.04. The third kappa shape index (κ3) is 5.49. The molecular weight excluding hydrogens is 436 g/mol. The molecule has 4 rings (SSSR count). The van der Waals surface area contributed by atoms with Crippen LogP contribution in [0.15, 0.2) is 36.5 Å². The Morgan fingerprint density at radius 2 is 1.71 bits per heavy atom. The summed E-state index contributed by atoms with van der Waals surface area (Å²) in [6.07, 6.45) is 8.19. The average molecular weight is 477 g/mol. The largest absolute Gasteiger partial charge is 0.352 e. The van der Waals surface area contributed by atoms with Crippen LogP contribution in [0.1, 0.15) is 78.0 Å². The zero-order valence-electron chi connectivity index (χ0n) is 21.8. The Morgan fingerprint density at radius 3 is 2.37 bits per heavy atom. The van der Waals surface area contributed by atoms with E-state index in [0.29, 0.717) is 5.91 Å². The van der Waals surface area contributed by atoms with Crippen molar-refractivity contribution in [2.75, 3.05) is 31.1 Å². The predicted octanol–water partition coefficient (Wildman–Crippen LogP) is 5.58. The SMILES string of the molecule is CCCC[C@@H](CC)C(=O)N1CCN(c2nc([C@@H](C)CCC)nc3c2cnn3-c2ccccc2)CC1. The van der Waals surface area contributed by atoms with Crippen LogP contribution in [0.5, 0.6) is 0 Å². The summed E-state index contributed by atoms with van der Waals surface area (Å²) in [6.45, 7) is 11.8. The van der Waals surface area contributed by atoms with E-state index in [-0.39, 0.29) is 11.8 Å². The van der Waals surface area contributed by atoms with Crippen molar-refractivity contribution in [3.8, 4) is 5.69 Å². The second-order valence-corrected chi connectivity index (χ2v) is 9.78. The summed E-state index contributed by atoms with van der Waals surface area (Å²) >= 11 is 0. The lowest BCUT2D eigenvalue weighted by Gasteiger charge is -2.37. The van der Waals surface area contributed by atoms with Crippen LogP contribution in [-0.4, -0.2) is 56.7 Å². The standard InChI is InChI=1S/C28H40N6O/c1-5-8-13-22(7-3)28(35)33-18-16-32(17-19-33)26-24-20-29-34(23-14-10-9-11-15-23)27(24)31-25(30-26)21(4)12-6-2/h9-11,14-15,20-22H,5-8,12-13,16-19H2,1-4H3/t21-,22+/m0/s1. The molecular formula is C28H40N6O. The number of unbranched alkanes of at least 4 members (excludes halogenated alkanes) is 1. The van der Waals surface area contributed by atoms with Gasteiger partial charge in [0.2, 0.25) is 5.91 Å². The minimum atomic E-state index is 0.151. The maximum absolute atomic E-state index is 13.1. The first-order valence-corrected chi connectivity index (χ1v) is 13.4. The van der Waals surface area contributed by atoms with Crippen LogP contribution in [0.25, 0.3) is 16.7 Å². The molecule has 1 amide bonds. The first kappa shape index (κ1) is 25.1. The molecule has 2 atom stereocenters. The van der Waals surface area contributed by atoms with Gasteiger partial charge in [-0.25, -0.2) is 14.6 Å². The fraction of sp³-hybridized carbons (Fsp3) is 0.571. The van der Waals surface area contributed by atoms with Crippen molar-refractivity contribution in [2.45, 2.75) is 72.1 Å². The van der Waals surface area contributed by atoms with Gasteiger partial charge in [-0.2, -0.15) is 5.10 Å². The molecule has 7 nitrogen and oxygen atoms in total. The van der Waals surface area contributed by atoms with E-state index in [1.165, 1.54) is 0 Å². The van der Waals surface area contributed by atoms with E-state index in [1.54, 1.807) is 0 Å². The zero-order valence-corrected chi connectivity index (χ0v) is 21.8. The van der Waals surface area contributed by atoms with Gasteiger partial charge in [0.15, 0.2) is 5.65 Å². The van der Waals surface area contributed by atoms with Gasteiger partial charge in [-0.15, -0.1) is 0 Å². The number of piperazine rings is 1. The number of rotatable bonds is 10. The summed E-state index contributed by atoms with van der Waals surface area (Å²) in [5.74, 6) is 2.56. The number of nitrogens with zero attached hydrogens (tertiary/aromatic N) is 6. The number of anilines is 1. The van der Waals surface area contributed by atoms with Crippen LogP contribution in [0, 0.1) is 5.92 Å². The average Bonchev–Trinajstić information content (AvgIpc) is 3.33. The third-order valence-corrected chi connectivity index (χ3v) is 7.23. The van der Waals surface area contributed by atoms with Gasteiger partial charge in [0.25, 0.3) is 0 Å². The van der Waals surface area contributed by atoms with E-state index < -0.39 is 0 Å². The zero-order chi connectivity index (χ0) is 24.8. The summed E-state index contributed by atoms with van der Waals surface area (Å²) in [7, 11) is 0. The third-order valence-electron chi connectivity index (χ3n) is 7.23. The van der Waals surface area contributed by atoms with Crippen LogP contribution in [0.4, 0.5) is 5.82 Å². The van der Waals surface area contributed by atoms with E-state index in [2.05, 4.69) is 49.6 Å².